The van der Waals surface area contributed by atoms with Crippen LogP contribution >= 0.6 is 0 Å². The first kappa shape index (κ1) is 15.0. The zero-order valence-electron chi connectivity index (χ0n) is 12.3. The Hall–Kier alpha value is -1.39. The number of carboxylic acids is 1. The average molecular weight is 276 g/mol. The van der Waals surface area contributed by atoms with E-state index in [1.165, 1.54) is 0 Å². The minimum Gasteiger partial charge on any atom is -0.481 e. The van der Waals surface area contributed by atoms with Crippen molar-refractivity contribution in [3.8, 4) is 0 Å². The Morgan fingerprint density at radius 3 is 2.60 bits per heavy atom. The van der Waals surface area contributed by atoms with Crippen molar-refractivity contribution in [2.24, 2.45) is 0 Å². The van der Waals surface area contributed by atoms with E-state index in [4.69, 9.17) is 0 Å². The second-order valence-corrected chi connectivity index (χ2v) is 5.54. The van der Waals surface area contributed by atoms with Crippen molar-refractivity contribution in [2.75, 3.05) is 32.7 Å². The number of carbonyl (C=O) groups is 1. The molecular weight excluding hydrogens is 252 g/mol. The topological polar surface area (TPSA) is 43.8 Å². The molecule has 110 valence electrons. The summed E-state index contributed by atoms with van der Waals surface area (Å²) in [5.41, 5.74) is 0.894. The van der Waals surface area contributed by atoms with Crippen LogP contribution in [0.3, 0.4) is 0 Å². The Balaban J connectivity index is 2.01. The van der Waals surface area contributed by atoms with Crippen LogP contribution in [0.4, 0.5) is 0 Å². The Labute approximate surface area is 121 Å². The number of hydrogen-bond donors (Lipinski definition) is 1. The molecule has 0 spiro atoms. The molecule has 1 aliphatic rings. The number of nitrogens with zero attached hydrogens (tertiary/aromatic N) is 2. The summed E-state index contributed by atoms with van der Waals surface area (Å²) >= 11 is 0. The molecule has 0 saturated carbocycles. The number of benzene rings is 1. The average Bonchev–Trinajstić information content (AvgIpc) is 2.45. The summed E-state index contributed by atoms with van der Waals surface area (Å²) in [5, 5.41) is 9.48. The van der Waals surface area contributed by atoms with Crippen molar-refractivity contribution in [1.82, 2.24) is 9.80 Å². The van der Waals surface area contributed by atoms with Crippen molar-refractivity contribution in [3.63, 3.8) is 0 Å². The number of hydrogen-bond acceptors (Lipinski definition) is 3. The summed E-state index contributed by atoms with van der Waals surface area (Å²) in [4.78, 5) is 16.3. The van der Waals surface area contributed by atoms with E-state index < -0.39 is 11.9 Å². The number of likely N-dealkylation sites (N-methyl/N-ethyl adjacent to an activating group) is 1. The molecule has 1 aliphatic heterocycles. The molecule has 1 fully saturated rings. The van der Waals surface area contributed by atoms with E-state index in [2.05, 4.69) is 23.6 Å². The summed E-state index contributed by atoms with van der Waals surface area (Å²) in [6.45, 7) is 8.99. The summed E-state index contributed by atoms with van der Waals surface area (Å²) in [6.07, 6.45) is 0. The van der Waals surface area contributed by atoms with E-state index in [1.54, 1.807) is 0 Å². The third-order valence-corrected chi connectivity index (χ3v) is 4.20. The molecule has 0 aromatic heterocycles. The highest BCUT2D eigenvalue weighted by atomic mass is 16.4. The van der Waals surface area contributed by atoms with Crippen LogP contribution in [-0.4, -0.2) is 59.6 Å². The molecular formula is C16H24N2O2. The Morgan fingerprint density at radius 2 is 2.05 bits per heavy atom. The molecule has 2 atom stereocenters. The standard InChI is InChI=1S/C16H24N2O2/c1-3-18-10-9-17(11-13(18)2)12-15(16(19)20)14-7-5-4-6-8-14/h4-8,13,15H,3,9-12H2,1-2H3,(H,19,20). The van der Waals surface area contributed by atoms with Gasteiger partial charge in [-0.3, -0.25) is 14.6 Å². The minimum absolute atomic E-state index is 0.434. The van der Waals surface area contributed by atoms with E-state index in [-0.39, 0.29) is 0 Å². The highest BCUT2D eigenvalue weighted by molar-refractivity contribution is 5.76. The zero-order valence-corrected chi connectivity index (χ0v) is 12.3. The van der Waals surface area contributed by atoms with Crippen LogP contribution in [0.2, 0.25) is 0 Å². The number of carboxylic acid groups (broad SMARTS) is 1. The third kappa shape index (κ3) is 3.58. The van der Waals surface area contributed by atoms with Crippen LogP contribution in [0.5, 0.6) is 0 Å². The Kier molecular flexibility index (Phi) is 5.15. The maximum atomic E-state index is 11.5. The highest BCUT2D eigenvalue weighted by Crippen LogP contribution is 2.19. The Bertz CT molecular complexity index is 435. The predicted molar refractivity (Wildman–Crippen MR) is 80.0 cm³/mol. The van der Waals surface area contributed by atoms with Crippen molar-refractivity contribution in [2.45, 2.75) is 25.8 Å². The van der Waals surface area contributed by atoms with Crippen LogP contribution in [-0.2, 0) is 4.79 Å². The molecule has 1 aromatic carbocycles. The van der Waals surface area contributed by atoms with Gasteiger partial charge in [-0.2, -0.15) is 0 Å². The second kappa shape index (κ2) is 6.86. The van der Waals surface area contributed by atoms with Crippen LogP contribution < -0.4 is 0 Å². The monoisotopic (exact) mass is 276 g/mol. The fourth-order valence-electron chi connectivity index (χ4n) is 2.98. The molecule has 0 amide bonds. The molecule has 2 unspecified atom stereocenters. The maximum Gasteiger partial charge on any atom is 0.312 e. The third-order valence-electron chi connectivity index (χ3n) is 4.20. The normalized spacial score (nSPS) is 22.6. The largest absolute Gasteiger partial charge is 0.481 e. The first-order valence-electron chi connectivity index (χ1n) is 7.36. The lowest BCUT2D eigenvalue weighted by Gasteiger charge is -2.40. The molecule has 0 radical (unpaired) electrons. The van der Waals surface area contributed by atoms with Gasteiger partial charge in [-0.15, -0.1) is 0 Å². The van der Waals surface area contributed by atoms with E-state index in [1.807, 2.05) is 30.3 Å². The fraction of sp³-hybridized carbons (Fsp3) is 0.562. The van der Waals surface area contributed by atoms with Crippen LogP contribution in [0.15, 0.2) is 30.3 Å². The van der Waals surface area contributed by atoms with E-state index >= 15 is 0 Å². The van der Waals surface area contributed by atoms with Gasteiger partial charge in [0.25, 0.3) is 0 Å². The van der Waals surface area contributed by atoms with Gasteiger partial charge < -0.3 is 5.11 Å². The van der Waals surface area contributed by atoms with Gasteiger partial charge in [-0.25, -0.2) is 0 Å². The highest BCUT2D eigenvalue weighted by Gasteiger charge is 2.27. The summed E-state index contributed by atoms with van der Waals surface area (Å²) in [6, 6.07) is 10.0. The molecule has 0 bridgehead atoms. The molecule has 4 nitrogen and oxygen atoms in total. The zero-order chi connectivity index (χ0) is 14.5. The van der Waals surface area contributed by atoms with Crippen LogP contribution in [0.25, 0.3) is 0 Å². The summed E-state index contributed by atoms with van der Waals surface area (Å²) in [5.74, 6) is -1.17. The molecule has 1 heterocycles. The van der Waals surface area contributed by atoms with Gasteiger partial charge in [0.05, 0.1) is 5.92 Å². The molecule has 4 heteroatoms. The lowest BCUT2D eigenvalue weighted by Crippen LogP contribution is -2.52. The first-order chi connectivity index (χ1) is 9.61. The predicted octanol–water partition coefficient (Wildman–Crippen LogP) is 1.88. The van der Waals surface area contributed by atoms with Gasteiger partial charge in [0, 0.05) is 32.2 Å². The Morgan fingerprint density at radius 1 is 1.35 bits per heavy atom. The van der Waals surface area contributed by atoms with Crippen molar-refractivity contribution in [1.29, 1.82) is 0 Å². The van der Waals surface area contributed by atoms with Crippen molar-refractivity contribution < 1.29 is 9.90 Å². The van der Waals surface area contributed by atoms with Crippen LogP contribution in [0.1, 0.15) is 25.3 Å². The molecule has 20 heavy (non-hydrogen) atoms. The van der Waals surface area contributed by atoms with Crippen LogP contribution in [0, 0.1) is 0 Å². The SMILES string of the molecule is CCN1CCN(CC(C(=O)O)c2ccccc2)CC1C. The lowest BCUT2D eigenvalue weighted by molar-refractivity contribution is -0.139. The molecule has 1 aromatic rings. The second-order valence-electron chi connectivity index (χ2n) is 5.54. The molecule has 1 saturated heterocycles. The van der Waals surface area contributed by atoms with Gasteiger partial charge in [0.15, 0.2) is 0 Å². The molecule has 2 rings (SSSR count). The van der Waals surface area contributed by atoms with Crippen molar-refractivity contribution >= 4 is 5.97 Å². The maximum absolute atomic E-state index is 11.5. The summed E-state index contributed by atoms with van der Waals surface area (Å²) < 4.78 is 0. The van der Waals surface area contributed by atoms with Gasteiger partial charge in [0.1, 0.15) is 0 Å². The van der Waals surface area contributed by atoms with E-state index in [0.717, 1.165) is 31.7 Å². The van der Waals surface area contributed by atoms with Gasteiger partial charge in [-0.05, 0) is 19.0 Å². The first-order valence-corrected chi connectivity index (χ1v) is 7.36. The minimum atomic E-state index is -0.734. The smallest absolute Gasteiger partial charge is 0.312 e. The lowest BCUT2D eigenvalue weighted by atomic mass is 9.98. The van der Waals surface area contributed by atoms with Gasteiger partial charge >= 0.3 is 5.97 Å². The van der Waals surface area contributed by atoms with Gasteiger partial charge in [0.2, 0.25) is 0 Å². The fourth-order valence-corrected chi connectivity index (χ4v) is 2.98. The molecule has 1 N–H and O–H groups in total. The summed E-state index contributed by atoms with van der Waals surface area (Å²) in [7, 11) is 0. The molecule has 0 aliphatic carbocycles. The number of piperazine rings is 1. The van der Waals surface area contributed by atoms with E-state index in [0.29, 0.717) is 12.6 Å². The number of aliphatic carboxylic acids is 1. The van der Waals surface area contributed by atoms with Crippen molar-refractivity contribution in [3.05, 3.63) is 35.9 Å². The van der Waals surface area contributed by atoms with Gasteiger partial charge in [-0.1, -0.05) is 37.3 Å². The quantitative estimate of drug-likeness (QED) is 0.892. The number of rotatable bonds is 5. The van der Waals surface area contributed by atoms with E-state index in [9.17, 15) is 9.90 Å².